The molecule has 0 fully saturated rings. The molecule has 0 aliphatic heterocycles. The summed E-state index contributed by atoms with van der Waals surface area (Å²) in [6.07, 6.45) is 113. The molecule has 0 heterocycles. The molecule has 0 aliphatic rings. The van der Waals surface area contributed by atoms with Crippen LogP contribution < -0.4 is 5.32 Å². The summed E-state index contributed by atoms with van der Waals surface area (Å²) in [6, 6.07) is -0.628. The monoisotopic (exact) mass is 1350 g/mol. The van der Waals surface area contributed by atoms with Gasteiger partial charge in [-0.1, -0.05) is 461 Å². The van der Waals surface area contributed by atoms with E-state index in [1.165, 1.54) is 430 Å². The second-order valence-corrected chi connectivity index (χ2v) is 30.6. The molecule has 0 spiro atoms. The van der Waals surface area contributed by atoms with Crippen molar-refractivity contribution in [3.8, 4) is 0 Å². The first-order valence-electron chi connectivity index (χ1n) is 44.3. The van der Waals surface area contributed by atoms with Crippen LogP contribution in [0.25, 0.3) is 0 Å². The van der Waals surface area contributed by atoms with Gasteiger partial charge in [0.25, 0.3) is 0 Å². The molecule has 3 N–H and O–H groups in total. The Morgan fingerprint density at radius 2 is 0.521 bits per heavy atom. The number of rotatable bonds is 84. The van der Waals surface area contributed by atoms with E-state index >= 15 is 0 Å². The van der Waals surface area contributed by atoms with Gasteiger partial charge in [0.2, 0.25) is 5.91 Å². The van der Waals surface area contributed by atoms with Gasteiger partial charge in [0.15, 0.2) is 0 Å². The third-order valence-electron chi connectivity index (χ3n) is 20.9. The summed E-state index contributed by atoms with van der Waals surface area (Å²) >= 11 is 0. The van der Waals surface area contributed by atoms with Crippen molar-refractivity contribution in [2.75, 3.05) is 13.2 Å². The van der Waals surface area contributed by atoms with Gasteiger partial charge in [-0.05, 0) is 64.2 Å². The van der Waals surface area contributed by atoms with E-state index in [0.717, 1.165) is 44.9 Å². The van der Waals surface area contributed by atoms with Crippen LogP contribution in [0.5, 0.6) is 0 Å². The molecule has 0 saturated heterocycles. The summed E-state index contributed by atoms with van der Waals surface area (Å²) < 4.78 is 5.52. The van der Waals surface area contributed by atoms with Crippen molar-refractivity contribution in [2.24, 2.45) is 0 Å². The molecule has 2 atom stereocenters. The van der Waals surface area contributed by atoms with Crippen LogP contribution in [0.15, 0.2) is 36.5 Å². The quantitative estimate of drug-likeness (QED) is 0.0320. The molecule has 0 aliphatic carbocycles. The zero-order valence-electron chi connectivity index (χ0n) is 65.4. The number of unbranched alkanes of at least 4 members (excludes halogenated alkanes) is 69. The Labute approximate surface area is 602 Å². The minimum Gasteiger partial charge on any atom is -0.466 e. The normalized spacial score (nSPS) is 12.6. The van der Waals surface area contributed by atoms with Crippen molar-refractivity contribution >= 4 is 11.9 Å². The van der Waals surface area contributed by atoms with Crippen molar-refractivity contribution < 1.29 is 24.5 Å². The molecule has 1 amide bonds. The predicted octanol–water partition coefficient (Wildman–Crippen LogP) is 29.7. The van der Waals surface area contributed by atoms with Gasteiger partial charge in [-0.15, -0.1) is 0 Å². The molecular formula is C90H173NO5. The third-order valence-corrected chi connectivity index (χ3v) is 20.9. The first-order valence-corrected chi connectivity index (χ1v) is 44.3. The highest BCUT2D eigenvalue weighted by Gasteiger charge is 2.18. The zero-order chi connectivity index (χ0) is 69.1. The van der Waals surface area contributed by atoms with Crippen molar-refractivity contribution in [1.82, 2.24) is 5.32 Å². The smallest absolute Gasteiger partial charge is 0.305 e. The highest BCUT2D eigenvalue weighted by molar-refractivity contribution is 5.76. The first kappa shape index (κ1) is 94.1. The van der Waals surface area contributed by atoms with Gasteiger partial charge in [-0.2, -0.15) is 0 Å². The maximum Gasteiger partial charge on any atom is 0.305 e. The molecule has 0 saturated carbocycles. The molecule has 0 aromatic rings. The van der Waals surface area contributed by atoms with Gasteiger partial charge in [-0.3, -0.25) is 9.59 Å². The second-order valence-electron chi connectivity index (χ2n) is 30.6. The standard InChI is InChI=1S/C90H173NO5/c1-3-5-7-9-11-13-15-17-19-21-23-24-25-41-44-47-50-54-58-62-66-70-74-78-82-88(93)87(86-92)91-89(94)83-79-75-71-67-63-59-55-51-48-45-42-39-37-35-33-31-29-27-26-28-30-32-34-36-38-40-43-46-49-53-57-61-65-69-73-77-81-85-96-90(95)84-80-76-72-68-64-60-56-52-22-20-18-16-14-12-10-8-6-4-2/h26,28,32,34,78,82,87-88,92-93H,3-25,27,29-31,33,35-77,79-81,83-86H2,1-2H3,(H,91,94)/b28-26-,34-32-,82-78+. The molecule has 0 bridgehead atoms. The maximum atomic E-state index is 12.6. The minimum atomic E-state index is -0.845. The molecule has 0 aromatic heterocycles. The van der Waals surface area contributed by atoms with Crippen molar-refractivity contribution in [3.05, 3.63) is 36.5 Å². The summed E-state index contributed by atoms with van der Waals surface area (Å²) in [4.78, 5) is 24.7. The maximum absolute atomic E-state index is 12.6. The summed E-state index contributed by atoms with van der Waals surface area (Å²) in [5.41, 5.74) is 0. The molecular weight excluding hydrogens is 1170 g/mol. The molecule has 0 radical (unpaired) electrons. The number of aliphatic hydroxyl groups excluding tert-OH is 2. The Hall–Kier alpha value is -1.92. The molecule has 6 nitrogen and oxygen atoms in total. The first-order chi connectivity index (χ1) is 47.5. The lowest BCUT2D eigenvalue weighted by Crippen LogP contribution is -2.45. The van der Waals surface area contributed by atoms with Gasteiger partial charge in [0.05, 0.1) is 25.4 Å². The summed E-state index contributed by atoms with van der Waals surface area (Å²) in [5, 5.41) is 23.3. The van der Waals surface area contributed by atoms with E-state index in [1.54, 1.807) is 6.08 Å². The van der Waals surface area contributed by atoms with E-state index in [9.17, 15) is 19.8 Å². The fourth-order valence-corrected chi connectivity index (χ4v) is 14.2. The Morgan fingerprint density at radius 3 is 0.792 bits per heavy atom. The number of amides is 1. The Kier molecular flexibility index (Phi) is 83.8. The van der Waals surface area contributed by atoms with Gasteiger partial charge in [0.1, 0.15) is 0 Å². The number of nitrogens with one attached hydrogen (secondary N) is 1. The van der Waals surface area contributed by atoms with Crippen LogP contribution in [0.4, 0.5) is 0 Å². The van der Waals surface area contributed by atoms with E-state index in [0.29, 0.717) is 19.4 Å². The van der Waals surface area contributed by atoms with Gasteiger partial charge >= 0.3 is 5.97 Å². The molecule has 6 heteroatoms. The van der Waals surface area contributed by atoms with Crippen LogP contribution in [0.3, 0.4) is 0 Å². The fraction of sp³-hybridized carbons (Fsp3) is 0.911. The highest BCUT2D eigenvalue weighted by atomic mass is 16.5. The van der Waals surface area contributed by atoms with E-state index < -0.39 is 12.1 Å². The number of ether oxygens (including phenoxy) is 1. The molecule has 2 unspecified atom stereocenters. The van der Waals surface area contributed by atoms with E-state index in [-0.39, 0.29) is 18.5 Å². The molecule has 0 rings (SSSR count). The molecule has 568 valence electrons. The van der Waals surface area contributed by atoms with E-state index in [4.69, 9.17) is 4.74 Å². The van der Waals surface area contributed by atoms with Crippen LogP contribution in [-0.2, 0) is 14.3 Å². The summed E-state index contributed by atoms with van der Waals surface area (Å²) in [5.74, 6) is -0.0356. The van der Waals surface area contributed by atoms with Crippen LogP contribution in [0, 0.1) is 0 Å². The highest BCUT2D eigenvalue weighted by Crippen LogP contribution is 2.21. The number of hydrogen-bond acceptors (Lipinski definition) is 5. The Bertz CT molecular complexity index is 1560. The van der Waals surface area contributed by atoms with Crippen molar-refractivity contribution in [2.45, 2.75) is 514 Å². The van der Waals surface area contributed by atoms with E-state index in [2.05, 4.69) is 43.5 Å². The predicted molar refractivity (Wildman–Crippen MR) is 426 cm³/mol. The average molecular weight is 1350 g/mol. The van der Waals surface area contributed by atoms with Crippen LogP contribution >= 0.6 is 0 Å². The number of esters is 1. The van der Waals surface area contributed by atoms with Gasteiger partial charge in [-0.25, -0.2) is 0 Å². The van der Waals surface area contributed by atoms with Crippen molar-refractivity contribution in [1.29, 1.82) is 0 Å². The van der Waals surface area contributed by atoms with E-state index in [1.807, 2.05) is 6.08 Å². The molecule has 0 aromatic carbocycles. The molecule has 96 heavy (non-hydrogen) atoms. The van der Waals surface area contributed by atoms with Gasteiger partial charge < -0.3 is 20.3 Å². The lowest BCUT2D eigenvalue weighted by molar-refractivity contribution is -0.143. The third kappa shape index (κ3) is 81.0. The van der Waals surface area contributed by atoms with Crippen LogP contribution in [0.1, 0.15) is 502 Å². The lowest BCUT2D eigenvalue weighted by Gasteiger charge is -2.20. The SMILES string of the molecule is CCCCCCCCCCCCCCCCCCCCCCCC/C=C/C(O)C(CO)NC(=O)CCCCCCCCCCCCCCCCCCC/C=C\C/C=C\CCCCCCCCCCCCCCCOC(=O)CCCCCCCCCCCCCCCCCCCC. The van der Waals surface area contributed by atoms with Crippen LogP contribution in [0.2, 0.25) is 0 Å². The number of carbonyl (C=O) groups is 2. The number of carbonyl (C=O) groups excluding carboxylic acids is 2. The summed E-state index contributed by atoms with van der Waals surface area (Å²) in [7, 11) is 0. The largest absolute Gasteiger partial charge is 0.466 e. The summed E-state index contributed by atoms with van der Waals surface area (Å²) in [6.45, 7) is 4.97. The Balaban J connectivity index is 3.37. The lowest BCUT2D eigenvalue weighted by atomic mass is 10.0. The number of aliphatic hydroxyl groups is 2. The van der Waals surface area contributed by atoms with Crippen LogP contribution in [-0.4, -0.2) is 47.4 Å². The van der Waals surface area contributed by atoms with Gasteiger partial charge in [0, 0.05) is 12.8 Å². The Morgan fingerprint density at radius 1 is 0.292 bits per heavy atom. The fourth-order valence-electron chi connectivity index (χ4n) is 14.2. The number of hydrogen-bond donors (Lipinski definition) is 3. The van der Waals surface area contributed by atoms with Crippen molar-refractivity contribution in [3.63, 3.8) is 0 Å². The second kappa shape index (κ2) is 85.5. The number of allylic oxidation sites excluding steroid dienone is 5. The zero-order valence-corrected chi connectivity index (χ0v) is 65.4. The minimum absolute atomic E-state index is 0.0241. The topological polar surface area (TPSA) is 95.9 Å². The average Bonchev–Trinajstić information content (AvgIpc) is 3.00.